The predicted molar refractivity (Wildman–Crippen MR) is 78.7 cm³/mol. The Bertz CT molecular complexity index is 537. The van der Waals surface area contributed by atoms with E-state index in [1.165, 1.54) is 7.11 Å². The van der Waals surface area contributed by atoms with Gasteiger partial charge in [-0.3, -0.25) is 4.79 Å². The highest BCUT2D eigenvalue weighted by molar-refractivity contribution is 7.91. The van der Waals surface area contributed by atoms with Gasteiger partial charge in [0.05, 0.1) is 24.2 Å². The highest BCUT2D eigenvalue weighted by Gasteiger charge is 2.13. The molecule has 0 aliphatic heterocycles. The van der Waals surface area contributed by atoms with Crippen LogP contribution in [-0.4, -0.2) is 40.3 Å². The second kappa shape index (κ2) is 7.28. The van der Waals surface area contributed by atoms with Gasteiger partial charge in [0.2, 0.25) is 0 Å². The van der Waals surface area contributed by atoms with Crippen LogP contribution in [0.5, 0.6) is 0 Å². The monoisotopic (exact) mass is 299 g/mol. The van der Waals surface area contributed by atoms with E-state index in [-0.39, 0.29) is 11.7 Å². The number of benzene rings is 1. The Labute approximate surface area is 120 Å². The molecule has 0 spiro atoms. The van der Waals surface area contributed by atoms with Crippen molar-refractivity contribution in [2.45, 2.75) is 25.2 Å². The van der Waals surface area contributed by atoms with Gasteiger partial charge in [-0.15, -0.1) is 0 Å². The van der Waals surface area contributed by atoms with Gasteiger partial charge in [-0.05, 0) is 31.2 Å². The average molecular weight is 299 g/mol. The lowest BCUT2D eigenvalue weighted by atomic mass is 10.2. The Kier molecular flexibility index (Phi) is 6.01. The standard InChI is InChI=1S/C14H21NO4S/c1-4-15(11-10-14(16)19-3)12-6-8-13(9-7-12)20(17,18)5-2/h6-9H,4-5,10-11H2,1-3H3. The Morgan fingerprint density at radius 3 is 2.25 bits per heavy atom. The van der Waals surface area contributed by atoms with Crippen LogP contribution in [0.2, 0.25) is 0 Å². The second-order valence-electron chi connectivity index (χ2n) is 4.30. The van der Waals surface area contributed by atoms with E-state index in [0.717, 1.165) is 12.2 Å². The van der Waals surface area contributed by atoms with Gasteiger partial charge in [0, 0.05) is 18.8 Å². The van der Waals surface area contributed by atoms with E-state index in [1.807, 2.05) is 11.8 Å². The van der Waals surface area contributed by atoms with Crippen LogP contribution in [0.4, 0.5) is 5.69 Å². The van der Waals surface area contributed by atoms with Crippen LogP contribution in [0.25, 0.3) is 0 Å². The molecule has 0 N–H and O–H groups in total. The summed E-state index contributed by atoms with van der Waals surface area (Å²) < 4.78 is 28.1. The third kappa shape index (κ3) is 4.23. The van der Waals surface area contributed by atoms with Gasteiger partial charge in [-0.2, -0.15) is 0 Å². The molecule has 1 rings (SSSR count). The van der Waals surface area contributed by atoms with Crippen molar-refractivity contribution in [1.29, 1.82) is 0 Å². The van der Waals surface area contributed by atoms with Crippen LogP contribution >= 0.6 is 0 Å². The number of methoxy groups -OCH3 is 1. The summed E-state index contributed by atoms with van der Waals surface area (Å²) in [7, 11) is -1.81. The van der Waals surface area contributed by atoms with E-state index >= 15 is 0 Å². The Morgan fingerprint density at radius 2 is 1.80 bits per heavy atom. The van der Waals surface area contributed by atoms with Gasteiger partial charge >= 0.3 is 5.97 Å². The van der Waals surface area contributed by atoms with Crippen LogP contribution in [0.1, 0.15) is 20.3 Å². The summed E-state index contributed by atoms with van der Waals surface area (Å²) in [5.74, 6) is -0.166. The van der Waals surface area contributed by atoms with E-state index in [9.17, 15) is 13.2 Å². The minimum Gasteiger partial charge on any atom is -0.469 e. The normalized spacial score (nSPS) is 11.2. The van der Waals surface area contributed by atoms with Crippen molar-refractivity contribution in [3.8, 4) is 0 Å². The quantitative estimate of drug-likeness (QED) is 0.719. The van der Waals surface area contributed by atoms with Crippen LogP contribution in [0.3, 0.4) is 0 Å². The number of carbonyl (C=O) groups excluding carboxylic acids is 1. The van der Waals surface area contributed by atoms with E-state index in [2.05, 4.69) is 4.74 Å². The highest BCUT2D eigenvalue weighted by Crippen LogP contribution is 2.19. The number of hydrogen-bond donors (Lipinski definition) is 0. The van der Waals surface area contributed by atoms with Crippen molar-refractivity contribution in [2.75, 3.05) is 30.9 Å². The molecule has 0 atom stereocenters. The molecular weight excluding hydrogens is 278 g/mol. The lowest BCUT2D eigenvalue weighted by Crippen LogP contribution is -2.26. The summed E-state index contributed by atoms with van der Waals surface area (Å²) in [5, 5.41) is 0. The molecule has 0 unspecified atom stereocenters. The first kappa shape index (κ1) is 16.5. The molecule has 0 bridgehead atoms. The van der Waals surface area contributed by atoms with Crippen LogP contribution in [-0.2, 0) is 19.4 Å². The molecule has 112 valence electrons. The fraction of sp³-hybridized carbons (Fsp3) is 0.500. The summed E-state index contributed by atoms with van der Waals surface area (Å²) >= 11 is 0. The number of ether oxygens (including phenoxy) is 1. The fourth-order valence-electron chi connectivity index (χ4n) is 1.83. The van der Waals surface area contributed by atoms with Crippen LogP contribution in [0, 0.1) is 0 Å². The first-order valence-electron chi connectivity index (χ1n) is 6.59. The average Bonchev–Trinajstić information content (AvgIpc) is 2.48. The van der Waals surface area contributed by atoms with Crippen molar-refractivity contribution in [1.82, 2.24) is 0 Å². The van der Waals surface area contributed by atoms with Crippen LogP contribution < -0.4 is 4.90 Å². The maximum atomic E-state index is 11.7. The van der Waals surface area contributed by atoms with Gasteiger partial charge in [0.25, 0.3) is 0 Å². The SMILES string of the molecule is CCN(CCC(=O)OC)c1ccc(S(=O)(=O)CC)cc1. The Balaban J connectivity index is 2.82. The third-order valence-corrected chi connectivity index (χ3v) is 4.89. The molecule has 0 aliphatic carbocycles. The van der Waals surface area contributed by atoms with E-state index in [1.54, 1.807) is 31.2 Å². The van der Waals surface area contributed by atoms with Gasteiger partial charge in [-0.25, -0.2) is 8.42 Å². The summed E-state index contributed by atoms with van der Waals surface area (Å²) in [5.41, 5.74) is 0.895. The molecule has 0 radical (unpaired) electrons. The van der Waals surface area contributed by atoms with Crippen molar-refractivity contribution >= 4 is 21.5 Å². The minimum absolute atomic E-state index is 0.0895. The summed E-state index contributed by atoms with van der Waals surface area (Å²) in [6.07, 6.45) is 0.305. The maximum Gasteiger partial charge on any atom is 0.307 e. The number of carbonyl (C=O) groups is 1. The molecule has 0 fully saturated rings. The Hall–Kier alpha value is -1.56. The van der Waals surface area contributed by atoms with Crippen molar-refractivity contribution in [3.63, 3.8) is 0 Å². The summed E-state index contributed by atoms with van der Waals surface area (Å²) in [4.78, 5) is 13.5. The van der Waals surface area contributed by atoms with E-state index in [4.69, 9.17) is 0 Å². The summed E-state index contributed by atoms with van der Waals surface area (Å²) in [6, 6.07) is 6.75. The number of anilines is 1. The first-order chi connectivity index (χ1) is 9.44. The lowest BCUT2D eigenvalue weighted by molar-refractivity contribution is -0.140. The molecule has 0 saturated heterocycles. The van der Waals surface area contributed by atoms with Gasteiger partial charge in [0.1, 0.15) is 0 Å². The molecule has 5 nitrogen and oxygen atoms in total. The zero-order valence-corrected chi connectivity index (χ0v) is 12.9. The van der Waals surface area contributed by atoms with E-state index < -0.39 is 9.84 Å². The number of esters is 1. The summed E-state index contributed by atoms with van der Waals surface area (Å²) in [6.45, 7) is 4.88. The molecule has 0 heterocycles. The molecule has 0 aromatic heterocycles. The molecule has 0 saturated carbocycles. The highest BCUT2D eigenvalue weighted by atomic mass is 32.2. The minimum atomic E-state index is -3.17. The van der Waals surface area contributed by atoms with Crippen molar-refractivity contribution in [3.05, 3.63) is 24.3 Å². The van der Waals surface area contributed by atoms with Crippen LogP contribution in [0.15, 0.2) is 29.2 Å². The Morgan fingerprint density at radius 1 is 1.20 bits per heavy atom. The number of hydrogen-bond acceptors (Lipinski definition) is 5. The number of nitrogens with zero attached hydrogens (tertiary/aromatic N) is 1. The number of rotatable bonds is 7. The predicted octanol–water partition coefficient (Wildman–Crippen LogP) is 1.87. The van der Waals surface area contributed by atoms with Gasteiger partial charge in [-0.1, -0.05) is 6.92 Å². The molecule has 20 heavy (non-hydrogen) atoms. The van der Waals surface area contributed by atoms with Gasteiger partial charge < -0.3 is 9.64 Å². The second-order valence-corrected chi connectivity index (χ2v) is 6.58. The topological polar surface area (TPSA) is 63.7 Å². The van der Waals surface area contributed by atoms with E-state index in [0.29, 0.717) is 17.9 Å². The zero-order chi connectivity index (χ0) is 15.2. The molecule has 1 aromatic rings. The molecule has 0 aliphatic rings. The van der Waals surface area contributed by atoms with Crippen molar-refractivity contribution < 1.29 is 17.9 Å². The molecular formula is C14H21NO4S. The zero-order valence-electron chi connectivity index (χ0n) is 12.1. The first-order valence-corrected chi connectivity index (χ1v) is 8.24. The molecule has 6 heteroatoms. The third-order valence-electron chi connectivity index (χ3n) is 3.14. The smallest absolute Gasteiger partial charge is 0.307 e. The van der Waals surface area contributed by atoms with Gasteiger partial charge in [0.15, 0.2) is 9.84 Å². The number of sulfone groups is 1. The lowest BCUT2D eigenvalue weighted by Gasteiger charge is -2.22. The largest absolute Gasteiger partial charge is 0.469 e. The fourth-order valence-corrected chi connectivity index (χ4v) is 2.71. The van der Waals surface area contributed by atoms with Crippen molar-refractivity contribution in [2.24, 2.45) is 0 Å². The maximum absolute atomic E-state index is 11.7. The molecule has 1 aromatic carbocycles. The molecule has 0 amide bonds.